The van der Waals surface area contributed by atoms with Gasteiger partial charge in [0.1, 0.15) is 6.10 Å². The molecule has 3 rings (SSSR count). The van der Waals surface area contributed by atoms with Crippen LogP contribution in [0.3, 0.4) is 0 Å². The third kappa shape index (κ3) is 3.90. The molecule has 1 aromatic carbocycles. The van der Waals surface area contributed by atoms with Crippen LogP contribution in [0.2, 0.25) is 0 Å². The van der Waals surface area contributed by atoms with E-state index in [1.807, 2.05) is 4.90 Å². The molecule has 2 atom stereocenters. The fourth-order valence-corrected chi connectivity index (χ4v) is 3.44. The van der Waals surface area contributed by atoms with Gasteiger partial charge < -0.3 is 19.7 Å². The predicted molar refractivity (Wildman–Crippen MR) is 94.5 cm³/mol. The number of anilines is 1. The number of nitrogens with one attached hydrogen (secondary N) is 1. The highest BCUT2D eigenvalue weighted by molar-refractivity contribution is 5.90. The van der Waals surface area contributed by atoms with Crippen LogP contribution in [0, 0.1) is 0 Å². The van der Waals surface area contributed by atoms with Crippen molar-refractivity contribution in [3.8, 4) is 0 Å². The highest BCUT2D eigenvalue weighted by atomic mass is 16.5. The van der Waals surface area contributed by atoms with Crippen molar-refractivity contribution < 1.29 is 14.3 Å². The smallest absolute Gasteiger partial charge is 0.322 e. The minimum Gasteiger partial charge on any atom is -0.375 e. The van der Waals surface area contributed by atoms with Crippen molar-refractivity contribution in [2.24, 2.45) is 0 Å². The van der Waals surface area contributed by atoms with E-state index >= 15 is 0 Å². The second-order valence-electron chi connectivity index (χ2n) is 6.54. The van der Waals surface area contributed by atoms with Crippen molar-refractivity contribution in [1.29, 1.82) is 0 Å². The first-order chi connectivity index (χ1) is 11.7. The van der Waals surface area contributed by atoms with Gasteiger partial charge in [0.15, 0.2) is 0 Å². The topological polar surface area (TPSA) is 50.8 Å². The Kier molecular flexibility index (Phi) is 5.74. The van der Waals surface area contributed by atoms with Gasteiger partial charge in [0.25, 0.3) is 0 Å². The van der Waals surface area contributed by atoms with Gasteiger partial charge in [-0.15, -0.1) is 0 Å². The van der Waals surface area contributed by atoms with Crippen molar-refractivity contribution >= 4 is 11.7 Å². The third-order valence-electron chi connectivity index (χ3n) is 4.97. The normalized spacial score (nSPS) is 24.2. The van der Waals surface area contributed by atoms with Crippen molar-refractivity contribution in [3.05, 3.63) is 29.3 Å². The molecular formula is C19H28N2O3. The third-order valence-corrected chi connectivity index (χ3v) is 4.97. The molecule has 132 valence electrons. The number of carbonyl (C=O) groups is 1. The van der Waals surface area contributed by atoms with E-state index in [9.17, 15) is 4.79 Å². The van der Waals surface area contributed by atoms with E-state index in [1.54, 1.807) is 0 Å². The van der Waals surface area contributed by atoms with Gasteiger partial charge in [-0.2, -0.15) is 0 Å². The summed E-state index contributed by atoms with van der Waals surface area (Å²) in [5, 5.41) is 3.11. The zero-order chi connectivity index (χ0) is 16.9. The molecule has 2 fully saturated rings. The van der Waals surface area contributed by atoms with Crippen LogP contribution in [0.5, 0.6) is 0 Å². The summed E-state index contributed by atoms with van der Waals surface area (Å²) in [7, 11) is 0. The maximum atomic E-state index is 12.7. The van der Waals surface area contributed by atoms with Crippen LogP contribution < -0.4 is 5.32 Å². The molecule has 0 aliphatic carbocycles. The molecule has 2 aliphatic heterocycles. The summed E-state index contributed by atoms with van der Waals surface area (Å²) >= 11 is 0. The molecule has 5 heteroatoms. The van der Waals surface area contributed by atoms with Crippen LogP contribution in [0.1, 0.15) is 37.8 Å². The Morgan fingerprint density at radius 3 is 2.75 bits per heavy atom. The summed E-state index contributed by atoms with van der Waals surface area (Å²) in [6.45, 7) is 6.85. The highest BCUT2D eigenvalue weighted by Gasteiger charge is 2.32. The molecule has 0 spiro atoms. The lowest BCUT2D eigenvalue weighted by Gasteiger charge is -2.35. The van der Waals surface area contributed by atoms with Crippen LogP contribution in [0.15, 0.2) is 18.2 Å². The van der Waals surface area contributed by atoms with Gasteiger partial charge in [0.2, 0.25) is 0 Å². The fourth-order valence-electron chi connectivity index (χ4n) is 3.44. The molecule has 1 aromatic rings. The summed E-state index contributed by atoms with van der Waals surface area (Å²) in [6.07, 6.45) is 4.11. The molecule has 0 bridgehead atoms. The summed E-state index contributed by atoms with van der Waals surface area (Å²) < 4.78 is 11.5. The van der Waals surface area contributed by atoms with Crippen molar-refractivity contribution in [2.75, 3.05) is 31.6 Å². The number of hydrogen-bond donors (Lipinski definition) is 1. The maximum Gasteiger partial charge on any atom is 0.322 e. The molecule has 0 radical (unpaired) electrons. The number of amides is 2. The second kappa shape index (κ2) is 7.99. The lowest BCUT2D eigenvalue weighted by Crippen LogP contribution is -2.51. The number of urea groups is 1. The van der Waals surface area contributed by atoms with Crippen molar-refractivity contribution in [3.63, 3.8) is 0 Å². The molecule has 24 heavy (non-hydrogen) atoms. The second-order valence-corrected chi connectivity index (χ2v) is 6.54. The van der Waals surface area contributed by atoms with Gasteiger partial charge in [-0.25, -0.2) is 4.79 Å². The van der Waals surface area contributed by atoms with E-state index < -0.39 is 0 Å². The number of aryl methyl sites for hydroxylation is 2. The first-order valence-electron chi connectivity index (χ1n) is 9.12. The molecule has 0 unspecified atom stereocenters. The minimum atomic E-state index is -0.0377. The van der Waals surface area contributed by atoms with Gasteiger partial charge in [0.05, 0.1) is 19.3 Å². The number of rotatable bonds is 4. The Morgan fingerprint density at radius 2 is 2.04 bits per heavy atom. The number of nitrogens with zero attached hydrogens (tertiary/aromatic N) is 1. The number of morpholine rings is 1. The molecule has 2 saturated heterocycles. The monoisotopic (exact) mass is 332 g/mol. The summed E-state index contributed by atoms with van der Waals surface area (Å²) in [5.74, 6) is 0. The lowest BCUT2D eigenvalue weighted by atomic mass is 10.1. The largest absolute Gasteiger partial charge is 0.375 e. The summed E-state index contributed by atoms with van der Waals surface area (Å²) in [4.78, 5) is 14.6. The van der Waals surface area contributed by atoms with Crippen LogP contribution >= 0.6 is 0 Å². The molecule has 5 nitrogen and oxygen atoms in total. The zero-order valence-electron chi connectivity index (χ0n) is 14.7. The van der Waals surface area contributed by atoms with Gasteiger partial charge in [-0.1, -0.05) is 26.0 Å². The van der Waals surface area contributed by atoms with Gasteiger partial charge in [-0.3, -0.25) is 0 Å². The number of benzene rings is 1. The Bertz CT molecular complexity index is 570. The van der Waals surface area contributed by atoms with Crippen LogP contribution in [-0.4, -0.2) is 49.4 Å². The van der Waals surface area contributed by atoms with E-state index in [-0.39, 0.29) is 18.2 Å². The average Bonchev–Trinajstić information content (AvgIpc) is 3.16. The maximum absolute atomic E-state index is 12.7. The minimum absolute atomic E-state index is 0.000350. The van der Waals surface area contributed by atoms with Gasteiger partial charge >= 0.3 is 6.03 Å². The van der Waals surface area contributed by atoms with Gasteiger partial charge in [-0.05, 0) is 42.9 Å². The van der Waals surface area contributed by atoms with Crippen LogP contribution in [0.25, 0.3) is 0 Å². The average molecular weight is 332 g/mol. The lowest BCUT2D eigenvalue weighted by molar-refractivity contribution is -0.0839. The standard InChI is InChI=1S/C19H28N2O3/c1-3-14-7-8-15(4-2)16(12-14)20-19(22)21-9-11-24-18(13-21)17-6-5-10-23-17/h7-8,12,17-18H,3-6,9-11,13H2,1-2H3,(H,20,22)/t17-,18-/m1/s1. The predicted octanol–water partition coefficient (Wildman–Crippen LogP) is 3.22. The molecule has 2 aliphatic rings. The van der Waals surface area contributed by atoms with E-state index in [0.29, 0.717) is 19.7 Å². The van der Waals surface area contributed by atoms with Crippen molar-refractivity contribution in [1.82, 2.24) is 4.90 Å². The quantitative estimate of drug-likeness (QED) is 0.921. The Labute approximate surface area is 144 Å². The van der Waals surface area contributed by atoms with Crippen LogP contribution in [-0.2, 0) is 22.3 Å². The first-order valence-corrected chi connectivity index (χ1v) is 9.12. The first kappa shape index (κ1) is 17.2. The van der Waals surface area contributed by atoms with E-state index in [4.69, 9.17) is 9.47 Å². The Balaban J connectivity index is 1.65. The van der Waals surface area contributed by atoms with Crippen LogP contribution in [0.4, 0.5) is 10.5 Å². The molecule has 2 amide bonds. The van der Waals surface area contributed by atoms with Gasteiger partial charge in [0, 0.05) is 18.8 Å². The Morgan fingerprint density at radius 1 is 1.21 bits per heavy atom. The zero-order valence-corrected chi connectivity index (χ0v) is 14.7. The molecule has 0 saturated carbocycles. The SMILES string of the molecule is CCc1ccc(CC)c(NC(=O)N2CCO[C@@H]([C@H]3CCCO3)C2)c1. The summed E-state index contributed by atoms with van der Waals surface area (Å²) in [6, 6.07) is 6.30. The molecule has 0 aromatic heterocycles. The van der Waals surface area contributed by atoms with Crippen molar-refractivity contribution in [2.45, 2.75) is 51.7 Å². The van der Waals surface area contributed by atoms with E-state index in [2.05, 4.69) is 37.4 Å². The molecular weight excluding hydrogens is 304 g/mol. The number of carbonyl (C=O) groups excluding carboxylic acids is 1. The highest BCUT2D eigenvalue weighted by Crippen LogP contribution is 2.23. The number of hydrogen-bond acceptors (Lipinski definition) is 3. The summed E-state index contributed by atoms with van der Waals surface area (Å²) in [5.41, 5.74) is 3.34. The fraction of sp³-hybridized carbons (Fsp3) is 0.632. The van der Waals surface area contributed by atoms with E-state index in [0.717, 1.165) is 38.0 Å². The Hall–Kier alpha value is -1.59. The molecule has 2 heterocycles. The molecule has 1 N–H and O–H groups in total. The number of ether oxygens (including phenoxy) is 2. The van der Waals surface area contributed by atoms with E-state index in [1.165, 1.54) is 11.1 Å².